The van der Waals surface area contributed by atoms with Gasteiger partial charge in [0.05, 0.1) is 5.69 Å². The van der Waals surface area contributed by atoms with E-state index in [4.69, 9.17) is 0 Å². The highest BCUT2D eigenvalue weighted by Crippen LogP contribution is 2.39. The Morgan fingerprint density at radius 1 is 0.742 bits per heavy atom. The molecule has 1 heterocycles. The van der Waals surface area contributed by atoms with Crippen LogP contribution < -0.4 is 4.74 Å². The molecule has 3 aromatic rings. The Hall–Kier alpha value is -3.24. The Labute approximate surface area is 168 Å². The average Bonchev–Trinajstić information content (AvgIpc) is 2.58. The lowest BCUT2D eigenvalue weighted by molar-refractivity contribution is -0.189. The number of alkyl halides is 5. The quantitative estimate of drug-likeness (QED) is 0.409. The van der Waals surface area contributed by atoms with Crippen LogP contribution in [0.4, 0.5) is 39.5 Å². The van der Waals surface area contributed by atoms with E-state index in [1.807, 2.05) is 0 Å². The van der Waals surface area contributed by atoms with Crippen LogP contribution in [0, 0.1) is 30.2 Å². The van der Waals surface area contributed by atoms with Crippen molar-refractivity contribution < 1.29 is 44.3 Å². The van der Waals surface area contributed by atoms with Crippen molar-refractivity contribution in [1.29, 1.82) is 0 Å². The number of aromatic nitrogens is 1. The van der Waals surface area contributed by atoms with Crippen LogP contribution >= 0.6 is 0 Å². The third kappa shape index (κ3) is 4.59. The molecule has 1 aromatic heterocycles. The minimum atomic E-state index is -5.44. The van der Waals surface area contributed by atoms with Gasteiger partial charge in [0, 0.05) is 23.9 Å². The highest BCUT2D eigenvalue weighted by molar-refractivity contribution is 5.60. The van der Waals surface area contributed by atoms with Gasteiger partial charge in [0.25, 0.3) is 0 Å². The summed E-state index contributed by atoms with van der Waals surface area (Å²) in [4.78, 5) is 3.91. The van der Waals surface area contributed by atoms with Crippen molar-refractivity contribution in [3.8, 4) is 17.0 Å². The Balaban J connectivity index is 1.98. The SMILES string of the molecule is Cc1ccc(-c2cc(F)c(C(F)(F)Oc3cc(F)c(C(F)(F)F)c(F)c3)c(F)c2)nc1. The van der Waals surface area contributed by atoms with Crippen molar-refractivity contribution in [2.24, 2.45) is 0 Å². The van der Waals surface area contributed by atoms with Crippen LogP contribution in [0.2, 0.25) is 0 Å². The fourth-order valence-electron chi connectivity index (χ4n) is 2.72. The first-order valence-corrected chi connectivity index (χ1v) is 8.35. The maximum atomic E-state index is 14.4. The lowest BCUT2D eigenvalue weighted by Crippen LogP contribution is -2.25. The molecule has 11 heteroatoms. The molecule has 3 rings (SSSR count). The number of pyridine rings is 1. The monoisotopic (exact) mass is 451 g/mol. The summed E-state index contributed by atoms with van der Waals surface area (Å²) >= 11 is 0. The van der Waals surface area contributed by atoms with Crippen molar-refractivity contribution in [2.45, 2.75) is 19.2 Å². The Bertz CT molecular complexity index is 1080. The highest BCUT2D eigenvalue weighted by atomic mass is 19.4. The first-order valence-electron chi connectivity index (χ1n) is 8.35. The molecule has 31 heavy (non-hydrogen) atoms. The average molecular weight is 451 g/mol. The summed E-state index contributed by atoms with van der Waals surface area (Å²) in [6, 6.07) is 3.71. The second-order valence-corrected chi connectivity index (χ2v) is 6.41. The molecule has 0 fully saturated rings. The maximum absolute atomic E-state index is 14.4. The van der Waals surface area contributed by atoms with Crippen molar-refractivity contribution in [2.75, 3.05) is 0 Å². The third-order valence-electron chi connectivity index (χ3n) is 4.09. The maximum Gasteiger partial charge on any atom is 0.432 e. The van der Waals surface area contributed by atoms with E-state index in [1.165, 1.54) is 12.3 Å². The summed E-state index contributed by atoms with van der Waals surface area (Å²) in [5, 5.41) is 0. The second-order valence-electron chi connectivity index (χ2n) is 6.41. The lowest BCUT2D eigenvalue weighted by Gasteiger charge is -2.20. The smallest absolute Gasteiger partial charge is 0.429 e. The van der Waals surface area contributed by atoms with Gasteiger partial charge in [0.1, 0.15) is 40.1 Å². The zero-order valence-electron chi connectivity index (χ0n) is 15.3. The molecule has 0 radical (unpaired) electrons. The molecule has 0 saturated heterocycles. The van der Waals surface area contributed by atoms with E-state index in [9.17, 15) is 39.5 Å². The first-order chi connectivity index (χ1) is 14.3. The second kappa shape index (κ2) is 7.78. The number of hydrogen-bond donors (Lipinski definition) is 0. The van der Waals surface area contributed by atoms with E-state index in [-0.39, 0.29) is 23.4 Å². The zero-order chi connectivity index (χ0) is 23.1. The Morgan fingerprint density at radius 3 is 1.71 bits per heavy atom. The molecule has 2 nitrogen and oxygen atoms in total. The Morgan fingerprint density at radius 2 is 1.26 bits per heavy atom. The number of hydrogen-bond acceptors (Lipinski definition) is 2. The van der Waals surface area contributed by atoms with Crippen molar-refractivity contribution in [3.05, 3.63) is 82.6 Å². The van der Waals surface area contributed by atoms with Crippen molar-refractivity contribution in [3.63, 3.8) is 0 Å². The normalized spacial score (nSPS) is 12.2. The fourth-order valence-corrected chi connectivity index (χ4v) is 2.72. The van der Waals surface area contributed by atoms with Crippen LogP contribution in [0.25, 0.3) is 11.3 Å². The molecule has 0 unspecified atom stereocenters. The predicted molar refractivity (Wildman–Crippen MR) is 90.2 cm³/mol. The van der Waals surface area contributed by atoms with Gasteiger partial charge in [-0.1, -0.05) is 6.07 Å². The molecule has 0 aliphatic carbocycles. The third-order valence-corrected chi connectivity index (χ3v) is 4.09. The van der Waals surface area contributed by atoms with Gasteiger partial charge in [-0.25, -0.2) is 17.6 Å². The van der Waals surface area contributed by atoms with Gasteiger partial charge in [-0.05, 0) is 30.7 Å². The molecule has 0 spiro atoms. The molecular weight excluding hydrogens is 441 g/mol. The molecule has 0 amide bonds. The summed E-state index contributed by atoms with van der Waals surface area (Å²) in [6.07, 6.45) is -8.87. The summed E-state index contributed by atoms with van der Waals surface area (Å²) in [5.41, 5.74) is -3.59. The van der Waals surface area contributed by atoms with Gasteiger partial charge < -0.3 is 4.74 Å². The summed E-state index contributed by atoms with van der Waals surface area (Å²) < 4.78 is 126. The number of halogens is 9. The zero-order valence-corrected chi connectivity index (χ0v) is 15.3. The molecule has 0 N–H and O–H groups in total. The van der Waals surface area contributed by atoms with Gasteiger partial charge in [0.15, 0.2) is 0 Å². The van der Waals surface area contributed by atoms with Crippen molar-refractivity contribution >= 4 is 0 Å². The Kier molecular flexibility index (Phi) is 5.64. The van der Waals surface area contributed by atoms with E-state index in [0.29, 0.717) is 12.1 Å². The number of ether oxygens (including phenoxy) is 1. The highest BCUT2D eigenvalue weighted by Gasteiger charge is 2.43. The molecule has 0 saturated carbocycles. The van der Waals surface area contributed by atoms with Gasteiger partial charge >= 0.3 is 12.3 Å². The molecule has 0 aliphatic rings. The fraction of sp³-hybridized carbons (Fsp3) is 0.150. The van der Waals surface area contributed by atoms with E-state index in [1.54, 1.807) is 13.0 Å². The van der Waals surface area contributed by atoms with E-state index in [0.717, 1.165) is 5.56 Å². The first kappa shape index (κ1) is 22.4. The number of nitrogens with zero attached hydrogens (tertiary/aromatic N) is 1. The summed E-state index contributed by atoms with van der Waals surface area (Å²) in [6.45, 7) is 1.70. The molecule has 2 aromatic carbocycles. The summed E-state index contributed by atoms with van der Waals surface area (Å²) in [7, 11) is 0. The van der Waals surface area contributed by atoms with Gasteiger partial charge in [-0.3, -0.25) is 4.98 Å². The molecular formula is C20H10F9NO. The molecule has 0 atom stereocenters. The lowest BCUT2D eigenvalue weighted by atomic mass is 10.1. The number of benzene rings is 2. The van der Waals surface area contributed by atoms with Gasteiger partial charge in [0.2, 0.25) is 0 Å². The largest absolute Gasteiger partial charge is 0.432 e. The van der Waals surface area contributed by atoms with Crippen LogP contribution in [0.5, 0.6) is 5.75 Å². The van der Waals surface area contributed by atoms with Crippen LogP contribution in [-0.2, 0) is 12.3 Å². The molecule has 0 aliphatic heterocycles. The molecule has 0 bridgehead atoms. The minimum absolute atomic E-state index is 0.0751. The standard InChI is InChI=1S/C20H10F9NO/c1-9-2-3-16(30-8-9)10-4-12(21)18(13(22)5-10)20(28,29)31-11-6-14(23)17(15(24)7-11)19(25,26)27/h2-8H,1H3. The van der Waals surface area contributed by atoms with Crippen LogP contribution in [0.15, 0.2) is 42.6 Å². The minimum Gasteiger partial charge on any atom is -0.429 e. The predicted octanol–water partition coefficient (Wildman–Crippen LogP) is 6.76. The van der Waals surface area contributed by atoms with Crippen LogP contribution in [0.1, 0.15) is 16.7 Å². The van der Waals surface area contributed by atoms with E-state index >= 15 is 0 Å². The van der Waals surface area contributed by atoms with Crippen LogP contribution in [-0.4, -0.2) is 4.98 Å². The van der Waals surface area contributed by atoms with E-state index < -0.39 is 52.4 Å². The van der Waals surface area contributed by atoms with Gasteiger partial charge in [-0.2, -0.15) is 22.0 Å². The van der Waals surface area contributed by atoms with Gasteiger partial charge in [-0.15, -0.1) is 0 Å². The van der Waals surface area contributed by atoms with Crippen LogP contribution in [0.3, 0.4) is 0 Å². The van der Waals surface area contributed by atoms with E-state index in [2.05, 4.69) is 9.72 Å². The summed E-state index contributed by atoms with van der Waals surface area (Å²) in [5.74, 6) is -9.42. The number of aryl methyl sites for hydroxylation is 1. The van der Waals surface area contributed by atoms with Crippen molar-refractivity contribution in [1.82, 2.24) is 4.98 Å². The topological polar surface area (TPSA) is 22.1 Å². The number of rotatable bonds is 4. The molecule has 164 valence electrons.